The number of aliphatic hydroxyl groups is 1. The second kappa shape index (κ2) is 6.92. The van der Waals surface area contributed by atoms with E-state index < -0.39 is 17.9 Å². The molecular weight excluding hydrogens is 296 g/mol. The average molecular weight is 309 g/mol. The molecule has 6 nitrogen and oxygen atoms in total. The molecule has 3 N–H and O–H groups in total. The number of aliphatic hydroxyl groups excluding tert-OH is 1. The van der Waals surface area contributed by atoms with Crippen molar-refractivity contribution in [3.63, 3.8) is 0 Å². The molecule has 1 unspecified atom stereocenters. The molecule has 0 radical (unpaired) electrons. The number of carbonyl (C=O) groups excluding carboxylic acids is 2. The van der Waals surface area contributed by atoms with Crippen LogP contribution in [-0.2, 0) is 9.59 Å². The third-order valence-electron chi connectivity index (χ3n) is 2.66. The highest BCUT2D eigenvalue weighted by Crippen LogP contribution is 2.20. The van der Waals surface area contributed by atoms with Gasteiger partial charge in [-0.3, -0.25) is 9.59 Å². The molecule has 2 amide bonds. The van der Waals surface area contributed by atoms with Crippen molar-refractivity contribution in [3.05, 3.63) is 53.4 Å². The van der Waals surface area contributed by atoms with Crippen molar-refractivity contribution in [1.82, 2.24) is 5.32 Å². The molecule has 2 rings (SSSR count). The number of anilines is 1. The average Bonchev–Trinajstić information content (AvgIpc) is 3.01. The van der Waals surface area contributed by atoms with Crippen molar-refractivity contribution in [2.45, 2.75) is 6.10 Å². The monoisotopic (exact) mass is 308 g/mol. The molecule has 0 bridgehead atoms. The van der Waals surface area contributed by atoms with Crippen molar-refractivity contribution in [2.24, 2.45) is 0 Å². The first-order valence-corrected chi connectivity index (χ1v) is 6.51. The first kappa shape index (κ1) is 15.1. The molecule has 0 aliphatic heterocycles. The third-order valence-corrected chi connectivity index (χ3v) is 2.99. The Kier molecular flexibility index (Phi) is 4.97. The van der Waals surface area contributed by atoms with E-state index in [1.165, 1.54) is 6.26 Å². The Hall–Kier alpha value is -2.31. The summed E-state index contributed by atoms with van der Waals surface area (Å²) < 4.78 is 4.98. The fraction of sp³-hybridized carbons (Fsp3) is 0.143. The molecule has 0 saturated carbocycles. The highest BCUT2D eigenvalue weighted by atomic mass is 35.5. The minimum Gasteiger partial charge on any atom is -0.467 e. The van der Waals surface area contributed by atoms with E-state index >= 15 is 0 Å². The third kappa shape index (κ3) is 4.08. The van der Waals surface area contributed by atoms with E-state index in [-0.39, 0.29) is 6.54 Å². The molecule has 1 atom stereocenters. The van der Waals surface area contributed by atoms with Gasteiger partial charge < -0.3 is 20.2 Å². The highest BCUT2D eigenvalue weighted by molar-refractivity contribution is 6.41. The Balaban J connectivity index is 1.86. The fourth-order valence-electron chi connectivity index (χ4n) is 1.59. The zero-order valence-electron chi connectivity index (χ0n) is 10.9. The van der Waals surface area contributed by atoms with Crippen LogP contribution in [0.3, 0.4) is 0 Å². The summed E-state index contributed by atoms with van der Waals surface area (Å²) >= 11 is 5.87. The number of carbonyl (C=O) groups is 2. The molecule has 1 aromatic carbocycles. The van der Waals surface area contributed by atoms with E-state index in [0.717, 1.165) is 0 Å². The van der Waals surface area contributed by atoms with Gasteiger partial charge in [0.2, 0.25) is 0 Å². The second-order valence-electron chi connectivity index (χ2n) is 4.18. The molecule has 0 aliphatic rings. The van der Waals surface area contributed by atoms with Gasteiger partial charge in [0, 0.05) is 0 Å². The van der Waals surface area contributed by atoms with Crippen LogP contribution in [0.2, 0.25) is 5.02 Å². The van der Waals surface area contributed by atoms with Crippen LogP contribution in [0.5, 0.6) is 0 Å². The van der Waals surface area contributed by atoms with Gasteiger partial charge in [0.05, 0.1) is 23.5 Å². The van der Waals surface area contributed by atoms with Crippen LogP contribution < -0.4 is 10.6 Å². The molecular formula is C14H13ClN2O4. The molecule has 1 heterocycles. The second-order valence-corrected chi connectivity index (χ2v) is 4.58. The van der Waals surface area contributed by atoms with E-state index in [1.54, 1.807) is 36.4 Å². The van der Waals surface area contributed by atoms with Crippen LogP contribution in [0.25, 0.3) is 0 Å². The van der Waals surface area contributed by atoms with E-state index in [0.29, 0.717) is 16.5 Å². The fourth-order valence-corrected chi connectivity index (χ4v) is 1.78. The zero-order valence-corrected chi connectivity index (χ0v) is 11.6. The van der Waals surface area contributed by atoms with Crippen LogP contribution in [0.4, 0.5) is 5.69 Å². The van der Waals surface area contributed by atoms with Crippen molar-refractivity contribution in [2.75, 3.05) is 11.9 Å². The van der Waals surface area contributed by atoms with Gasteiger partial charge in [0.1, 0.15) is 11.9 Å². The zero-order chi connectivity index (χ0) is 15.2. The minimum absolute atomic E-state index is 0.137. The van der Waals surface area contributed by atoms with Crippen LogP contribution >= 0.6 is 11.6 Å². The van der Waals surface area contributed by atoms with Crippen LogP contribution in [0.15, 0.2) is 47.1 Å². The van der Waals surface area contributed by atoms with Crippen molar-refractivity contribution in [1.29, 1.82) is 0 Å². The number of para-hydroxylation sites is 1. The highest BCUT2D eigenvalue weighted by Gasteiger charge is 2.17. The van der Waals surface area contributed by atoms with E-state index in [2.05, 4.69) is 10.6 Å². The van der Waals surface area contributed by atoms with Crippen molar-refractivity contribution in [3.8, 4) is 0 Å². The van der Waals surface area contributed by atoms with Gasteiger partial charge in [-0.25, -0.2) is 0 Å². The van der Waals surface area contributed by atoms with Crippen LogP contribution in [-0.4, -0.2) is 23.5 Å². The molecule has 110 valence electrons. The molecule has 0 saturated heterocycles. The number of hydrogen-bond acceptors (Lipinski definition) is 4. The molecule has 21 heavy (non-hydrogen) atoms. The van der Waals surface area contributed by atoms with Crippen LogP contribution in [0, 0.1) is 0 Å². The standard InChI is InChI=1S/C14H13ClN2O4/c15-9-4-1-2-5-10(9)17-14(20)13(19)16-8-11(18)12-6-3-7-21-12/h1-7,11,18H,8H2,(H,16,19)(H,17,20). The van der Waals surface area contributed by atoms with E-state index in [1.807, 2.05) is 0 Å². The first-order chi connectivity index (χ1) is 10.1. The molecule has 0 fully saturated rings. The smallest absolute Gasteiger partial charge is 0.313 e. The number of hydrogen-bond donors (Lipinski definition) is 3. The Morgan fingerprint density at radius 3 is 2.62 bits per heavy atom. The Morgan fingerprint density at radius 1 is 1.19 bits per heavy atom. The summed E-state index contributed by atoms with van der Waals surface area (Å²) in [5, 5.41) is 14.7. The van der Waals surface area contributed by atoms with Gasteiger partial charge in [-0.1, -0.05) is 23.7 Å². The number of rotatable bonds is 4. The summed E-state index contributed by atoms with van der Waals surface area (Å²) in [5.41, 5.74) is 0.339. The molecule has 2 aromatic rings. The quantitative estimate of drug-likeness (QED) is 0.750. The summed E-state index contributed by atoms with van der Waals surface area (Å²) in [6.07, 6.45) is 0.391. The maximum Gasteiger partial charge on any atom is 0.313 e. The lowest BCUT2D eigenvalue weighted by Crippen LogP contribution is -2.37. The lowest BCUT2D eigenvalue weighted by molar-refractivity contribution is -0.136. The maximum atomic E-state index is 11.7. The van der Waals surface area contributed by atoms with E-state index in [4.69, 9.17) is 16.0 Å². The number of halogens is 1. The summed E-state index contributed by atoms with van der Waals surface area (Å²) in [4.78, 5) is 23.3. The lowest BCUT2D eigenvalue weighted by atomic mass is 10.2. The van der Waals surface area contributed by atoms with Crippen molar-refractivity contribution >= 4 is 29.1 Å². The summed E-state index contributed by atoms with van der Waals surface area (Å²) in [5.74, 6) is -1.43. The Morgan fingerprint density at radius 2 is 1.95 bits per heavy atom. The van der Waals surface area contributed by atoms with Gasteiger partial charge in [0.25, 0.3) is 0 Å². The maximum absolute atomic E-state index is 11.7. The predicted octanol–water partition coefficient (Wildman–Crippen LogP) is 1.72. The van der Waals surface area contributed by atoms with Gasteiger partial charge in [-0.15, -0.1) is 0 Å². The molecule has 1 aromatic heterocycles. The van der Waals surface area contributed by atoms with Gasteiger partial charge in [0.15, 0.2) is 0 Å². The Bertz CT molecular complexity index is 628. The normalized spacial score (nSPS) is 11.7. The minimum atomic E-state index is -1.02. The van der Waals surface area contributed by atoms with E-state index in [9.17, 15) is 14.7 Å². The molecule has 0 spiro atoms. The number of furan rings is 1. The summed E-state index contributed by atoms with van der Waals surface area (Å²) in [6.45, 7) is -0.137. The molecule has 7 heteroatoms. The Labute approximate surface area is 125 Å². The molecule has 0 aliphatic carbocycles. The SMILES string of the molecule is O=C(NCC(O)c1ccco1)C(=O)Nc1ccccc1Cl. The largest absolute Gasteiger partial charge is 0.467 e. The van der Waals surface area contributed by atoms with Gasteiger partial charge >= 0.3 is 11.8 Å². The number of nitrogens with one attached hydrogen (secondary N) is 2. The number of benzene rings is 1. The summed E-state index contributed by atoms with van der Waals surface area (Å²) in [6, 6.07) is 9.74. The summed E-state index contributed by atoms with van der Waals surface area (Å²) in [7, 11) is 0. The van der Waals surface area contributed by atoms with Crippen LogP contribution in [0.1, 0.15) is 11.9 Å². The first-order valence-electron chi connectivity index (χ1n) is 6.13. The topological polar surface area (TPSA) is 91.6 Å². The lowest BCUT2D eigenvalue weighted by Gasteiger charge is -2.10. The van der Waals surface area contributed by atoms with Gasteiger partial charge in [-0.05, 0) is 24.3 Å². The predicted molar refractivity (Wildman–Crippen MR) is 76.8 cm³/mol. The van der Waals surface area contributed by atoms with Crippen molar-refractivity contribution < 1.29 is 19.1 Å². The van der Waals surface area contributed by atoms with Gasteiger partial charge in [-0.2, -0.15) is 0 Å². The number of amides is 2.